The summed E-state index contributed by atoms with van der Waals surface area (Å²) in [5.74, 6) is 0. The molecule has 0 unspecified atom stereocenters. The number of rotatable bonds is 8. The Kier molecular flexibility index (Phi) is 6.13. The predicted molar refractivity (Wildman–Crippen MR) is 58.2 cm³/mol. The van der Waals surface area contributed by atoms with Crippen molar-refractivity contribution in [2.75, 3.05) is 0 Å². The van der Waals surface area contributed by atoms with E-state index in [2.05, 4.69) is 12.1 Å². The van der Waals surface area contributed by atoms with Gasteiger partial charge < -0.3 is 4.52 Å². The largest absolute Gasteiger partial charge is 0.365 e. The van der Waals surface area contributed by atoms with Gasteiger partial charge in [0.1, 0.15) is 6.26 Å². The second-order valence-corrected chi connectivity index (χ2v) is 3.86. The summed E-state index contributed by atoms with van der Waals surface area (Å²) in [6.45, 7) is 2.25. The number of aromatic nitrogens is 1. The van der Waals surface area contributed by atoms with E-state index in [0.717, 1.165) is 12.1 Å². The first-order chi connectivity index (χ1) is 6.93. The van der Waals surface area contributed by atoms with E-state index in [1.54, 1.807) is 6.26 Å². The van der Waals surface area contributed by atoms with Crippen molar-refractivity contribution in [2.24, 2.45) is 0 Å². The Balaban J connectivity index is 1.85. The maximum absolute atomic E-state index is 4.77. The number of hydrogen-bond donors (Lipinski definition) is 0. The maximum atomic E-state index is 4.77. The number of nitrogens with zero attached hydrogens (tertiary/aromatic N) is 1. The number of unbranched alkanes of at least 4 members (excludes halogenated alkanes) is 6. The monoisotopic (exact) mass is 195 g/mol. The Morgan fingerprint density at radius 1 is 1.07 bits per heavy atom. The molecule has 0 saturated carbocycles. The average Bonchev–Trinajstić information content (AvgIpc) is 2.69. The zero-order valence-electron chi connectivity index (χ0n) is 9.17. The first kappa shape index (κ1) is 11.3. The fourth-order valence-electron chi connectivity index (χ4n) is 1.63. The van der Waals surface area contributed by atoms with Gasteiger partial charge in [-0.05, 0) is 12.8 Å². The summed E-state index contributed by atoms with van der Waals surface area (Å²) in [5.41, 5.74) is 1.10. The summed E-state index contributed by atoms with van der Waals surface area (Å²) in [7, 11) is 0. The fourth-order valence-corrected chi connectivity index (χ4v) is 1.63. The van der Waals surface area contributed by atoms with Gasteiger partial charge in [0.05, 0.1) is 5.69 Å². The molecule has 1 aromatic rings. The van der Waals surface area contributed by atoms with Gasteiger partial charge in [-0.25, -0.2) is 0 Å². The van der Waals surface area contributed by atoms with Crippen LogP contribution in [0.4, 0.5) is 0 Å². The molecule has 2 heteroatoms. The van der Waals surface area contributed by atoms with Crippen molar-refractivity contribution in [1.82, 2.24) is 5.16 Å². The van der Waals surface area contributed by atoms with E-state index in [0.29, 0.717) is 0 Å². The molecule has 0 aliphatic carbocycles. The highest BCUT2D eigenvalue weighted by molar-refractivity contribution is 4.94. The van der Waals surface area contributed by atoms with Gasteiger partial charge >= 0.3 is 0 Å². The van der Waals surface area contributed by atoms with Gasteiger partial charge in [0, 0.05) is 6.07 Å². The molecule has 80 valence electrons. The van der Waals surface area contributed by atoms with Crippen molar-refractivity contribution in [3.8, 4) is 0 Å². The van der Waals surface area contributed by atoms with Crippen LogP contribution in [0.1, 0.15) is 57.6 Å². The molecule has 1 rings (SSSR count). The van der Waals surface area contributed by atoms with E-state index < -0.39 is 0 Å². The van der Waals surface area contributed by atoms with Crippen molar-refractivity contribution in [2.45, 2.75) is 58.3 Å². The lowest BCUT2D eigenvalue weighted by molar-refractivity contribution is 0.410. The molecular weight excluding hydrogens is 174 g/mol. The van der Waals surface area contributed by atoms with Crippen LogP contribution in [0.15, 0.2) is 16.9 Å². The molecule has 0 atom stereocenters. The summed E-state index contributed by atoms with van der Waals surface area (Å²) in [6.07, 6.45) is 12.2. The van der Waals surface area contributed by atoms with Gasteiger partial charge in [0.25, 0.3) is 0 Å². The molecule has 0 aromatic carbocycles. The van der Waals surface area contributed by atoms with E-state index in [1.807, 2.05) is 6.07 Å². The van der Waals surface area contributed by atoms with Crippen LogP contribution in [-0.2, 0) is 6.42 Å². The zero-order valence-corrected chi connectivity index (χ0v) is 9.17. The quantitative estimate of drug-likeness (QED) is 0.587. The van der Waals surface area contributed by atoms with Crippen LogP contribution in [0.3, 0.4) is 0 Å². The summed E-state index contributed by atoms with van der Waals surface area (Å²) >= 11 is 0. The lowest BCUT2D eigenvalue weighted by atomic mass is 10.1. The van der Waals surface area contributed by atoms with Gasteiger partial charge in [-0.3, -0.25) is 0 Å². The van der Waals surface area contributed by atoms with Crippen LogP contribution >= 0.6 is 0 Å². The molecule has 1 heterocycles. The molecule has 2 nitrogen and oxygen atoms in total. The van der Waals surface area contributed by atoms with Crippen LogP contribution < -0.4 is 0 Å². The van der Waals surface area contributed by atoms with Crippen LogP contribution in [0.5, 0.6) is 0 Å². The lowest BCUT2D eigenvalue weighted by Gasteiger charge is -1.99. The van der Waals surface area contributed by atoms with Crippen molar-refractivity contribution < 1.29 is 4.52 Å². The average molecular weight is 195 g/mol. The highest BCUT2D eigenvalue weighted by Crippen LogP contribution is 2.09. The van der Waals surface area contributed by atoms with Gasteiger partial charge in [-0.1, -0.05) is 50.6 Å². The minimum absolute atomic E-state index is 1.07. The molecule has 1 aromatic heterocycles. The van der Waals surface area contributed by atoms with Crippen molar-refractivity contribution in [3.63, 3.8) is 0 Å². The van der Waals surface area contributed by atoms with E-state index in [9.17, 15) is 0 Å². The van der Waals surface area contributed by atoms with Crippen LogP contribution in [0, 0.1) is 0 Å². The molecule has 0 spiro atoms. The first-order valence-corrected chi connectivity index (χ1v) is 5.82. The van der Waals surface area contributed by atoms with Gasteiger partial charge in [0.2, 0.25) is 0 Å². The van der Waals surface area contributed by atoms with E-state index in [1.165, 1.54) is 44.9 Å². The summed E-state index contributed by atoms with van der Waals surface area (Å²) in [4.78, 5) is 0. The Hall–Kier alpha value is -0.790. The van der Waals surface area contributed by atoms with Crippen LogP contribution in [0.2, 0.25) is 0 Å². The molecule has 0 fully saturated rings. The molecule has 0 saturated heterocycles. The fraction of sp³-hybridized carbons (Fsp3) is 0.750. The molecular formula is C12H21NO. The molecule has 0 aliphatic rings. The third-order valence-corrected chi connectivity index (χ3v) is 2.53. The molecule has 14 heavy (non-hydrogen) atoms. The van der Waals surface area contributed by atoms with Gasteiger partial charge in [0.15, 0.2) is 0 Å². The highest BCUT2D eigenvalue weighted by Gasteiger charge is 1.96. The van der Waals surface area contributed by atoms with E-state index >= 15 is 0 Å². The van der Waals surface area contributed by atoms with Gasteiger partial charge in [-0.15, -0.1) is 0 Å². The standard InChI is InChI=1S/C12H21NO/c1-2-3-4-5-6-7-8-9-12-10-11-14-13-12/h10-11H,2-9H2,1H3. The lowest BCUT2D eigenvalue weighted by Crippen LogP contribution is -1.85. The Morgan fingerprint density at radius 3 is 2.43 bits per heavy atom. The molecule has 0 radical (unpaired) electrons. The predicted octanol–water partition coefficient (Wildman–Crippen LogP) is 3.97. The third kappa shape index (κ3) is 5.05. The Bertz CT molecular complexity index is 206. The number of hydrogen-bond acceptors (Lipinski definition) is 2. The molecule has 0 bridgehead atoms. The first-order valence-electron chi connectivity index (χ1n) is 5.82. The van der Waals surface area contributed by atoms with E-state index in [-0.39, 0.29) is 0 Å². The van der Waals surface area contributed by atoms with Crippen LogP contribution in [-0.4, -0.2) is 5.16 Å². The summed E-state index contributed by atoms with van der Waals surface area (Å²) in [5, 5.41) is 3.89. The summed E-state index contributed by atoms with van der Waals surface area (Å²) < 4.78 is 4.77. The van der Waals surface area contributed by atoms with Crippen LogP contribution in [0.25, 0.3) is 0 Å². The molecule has 0 N–H and O–H groups in total. The Labute approximate surface area is 86.7 Å². The van der Waals surface area contributed by atoms with Gasteiger partial charge in [-0.2, -0.15) is 0 Å². The minimum Gasteiger partial charge on any atom is -0.365 e. The van der Waals surface area contributed by atoms with Crippen molar-refractivity contribution >= 4 is 0 Å². The Morgan fingerprint density at radius 2 is 1.79 bits per heavy atom. The van der Waals surface area contributed by atoms with E-state index in [4.69, 9.17) is 4.52 Å². The molecule has 0 aliphatic heterocycles. The topological polar surface area (TPSA) is 26.0 Å². The third-order valence-electron chi connectivity index (χ3n) is 2.53. The van der Waals surface area contributed by atoms with Crippen molar-refractivity contribution in [1.29, 1.82) is 0 Å². The smallest absolute Gasteiger partial charge is 0.124 e. The number of aryl methyl sites for hydroxylation is 1. The zero-order chi connectivity index (χ0) is 10.1. The minimum atomic E-state index is 1.07. The SMILES string of the molecule is CCCCCCCCCc1ccon1. The highest BCUT2D eigenvalue weighted by atomic mass is 16.5. The second kappa shape index (κ2) is 7.60. The van der Waals surface area contributed by atoms with Crippen molar-refractivity contribution in [3.05, 3.63) is 18.0 Å². The normalized spacial score (nSPS) is 10.6. The summed E-state index contributed by atoms with van der Waals surface area (Å²) in [6, 6.07) is 1.96. The maximum Gasteiger partial charge on any atom is 0.124 e. The molecule has 0 amide bonds. The second-order valence-electron chi connectivity index (χ2n) is 3.86.